The molecule has 2 rings (SSSR count). The average molecular weight is 478 g/mol. The van der Waals surface area contributed by atoms with Gasteiger partial charge in [-0.1, -0.05) is 22.3 Å². The fourth-order valence-electron chi connectivity index (χ4n) is 2.02. The molecule has 0 aliphatic carbocycles. The van der Waals surface area contributed by atoms with Gasteiger partial charge in [0.2, 0.25) is 0 Å². The van der Waals surface area contributed by atoms with E-state index in [1.54, 1.807) is 0 Å². The van der Waals surface area contributed by atoms with Crippen molar-refractivity contribution in [3.05, 3.63) is 58.5 Å². The van der Waals surface area contributed by atoms with Crippen LogP contribution >= 0.6 is 15.9 Å². The van der Waals surface area contributed by atoms with E-state index in [4.69, 9.17) is 9.47 Å². The molecule has 1 radical (unpaired) electrons. The minimum atomic E-state index is -2.60. The number of rotatable bonds is 6. The van der Waals surface area contributed by atoms with E-state index >= 15 is 0 Å². The molecule has 0 amide bonds. The largest absolute Gasteiger partial charge is 0.468 e. The fraction of sp³-hybridized carbons (Fsp3) is 0.250. The first kappa shape index (κ1) is 21.4. The average Bonchev–Trinajstić information content (AvgIpc) is 2.50. The molecule has 1 aromatic carbocycles. The van der Waals surface area contributed by atoms with Crippen LogP contribution in [0.3, 0.4) is 0 Å². The van der Waals surface area contributed by atoms with Gasteiger partial charge in [-0.05, 0) is 11.8 Å². The van der Waals surface area contributed by atoms with Crippen LogP contribution in [0.5, 0.6) is 5.75 Å². The van der Waals surface area contributed by atoms with Crippen molar-refractivity contribution < 1.29 is 55.4 Å². The van der Waals surface area contributed by atoms with Gasteiger partial charge in [0.05, 0.1) is 12.4 Å². The van der Waals surface area contributed by atoms with Crippen LogP contribution in [-0.2, 0) is 37.4 Å². The normalized spacial score (nSPS) is 14.2. The van der Waals surface area contributed by atoms with Gasteiger partial charge in [-0.3, -0.25) is 0 Å². The molecule has 24 heavy (non-hydrogen) atoms. The Morgan fingerprint density at radius 1 is 1.38 bits per heavy atom. The Bertz CT molecular complexity index is 665. The van der Waals surface area contributed by atoms with E-state index in [1.165, 1.54) is 36.3 Å². The Morgan fingerprint density at radius 3 is 2.67 bits per heavy atom. The third-order valence-electron chi connectivity index (χ3n) is 3.07. The standard InChI is InChI=1S/C16H14BrF3NO2.Y/c1-10-13(17)5-6-15(21(10)8-16(19)20)12-4-3-11(7-14(12)18)23-9-22-2;/h3-5,7,16H,1,8-9H2,2H3;/q-1;. The van der Waals surface area contributed by atoms with Gasteiger partial charge in [-0.15, -0.1) is 22.0 Å². The quantitative estimate of drug-likeness (QED) is 0.450. The monoisotopic (exact) mass is 477 g/mol. The zero-order chi connectivity index (χ0) is 17.0. The number of methoxy groups -OCH3 is 1. The van der Waals surface area contributed by atoms with Crippen LogP contribution < -0.4 is 4.74 Å². The van der Waals surface area contributed by atoms with E-state index in [1.807, 2.05) is 0 Å². The second-order valence-electron chi connectivity index (χ2n) is 4.63. The summed E-state index contributed by atoms with van der Waals surface area (Å²) in [4.78, 5) is 1.23. The topological polar surface area (TPSA) is 21.7 Å². The molecule has 1 aliphatic heterocycles. The van der Waals surface area contributed by atoms with Gasteiger partial charge < -0.3 is 14.4 Å². The van der Waals surface area contributed by atoms with Crippen LogP contribution in [0.4, 0.5) is 13.2 Å². The van der Waals surface area contributed by atoms with Crippen molar-refractivity contribution in [1.29, 1.82) is 0 Å². The van der Waals surface area contributed by atoms with E-state index in [9.17, 15) is 13.2 Å². The van der Waals surface area contributed by atoms with E-state index in [-0.39, 0.29) is 56.5 Å². The summed E-state index contributed by atoms with van der Waals surface area (Å²) in [6.45, 7) is 3.12. The summed E-state index contributed by atoms with van der Waals surface area (Å²) in [5.41, 5.74) is 0.639. The summed E-state index contributed by atoms with van der Waals surface area (Å²) >= 11 is 3.21. The molecule has 0 fully saturated rings. The van der Waals surface area contributed by atoms with Gasteiger partial charge in [0.25, 0.3) is 6.43 Å². The molecule has 127 valence electrons. The first-order chi connectivity index (χ1) is 10.9. The molecule has 0 spiro atoms. The molecule has 1 heterocycles. The summed E-state index contributed by atoms with van der Waals surface area (Å²) < 4.78 is 50.4. The van der Waals surface area contributed by atoms with Crippen LogP contribution in [0.15, 0.2) is 41.0 Å². The molecular formula is C16H14BrF3NO2Y-. The molecular weight excluding hydrogens is 464 g/mol. The Labute approximate surface area is 172 Å². The van der Waals surface area contributed by atoms with Crippen LogP contribution in [0, 0.1) is 11.9 Å². The molecule has 0 aromatic heterocycles. The van der Waals surface area contributed by atoms with Gasteiger partial charge in [0.1, 0.15) is 5.75 Å². The van der Waals surface area contributed by atoms with Gasteiger partial charge in [-0.25, -0.2) is 13.2 Å². The first-order valence-electron chi connectivity index (χ1n) is 6.59. The smallest absolute Gasteiger partial charge is 0.256 e. The Morgan fingerprint density at radius 2 is 2.08 bits per heavy atom. The molecule has 0 saturated heterocycles. The third kappa shape index (κ3) is 5.18. The predicted octanol–water partition coefficient (Wildman–Crippen LogP) is 4.32. The maximum atomic E-state index is 14.3. The van der Waals surface area contributed by atoms with Crippen molar-refractivity contribution in [2.75, 3.05) is 20.4 Å². The van der Waals surface area contributed by atoms with E-state index in [0.717, 1.165) is 0 Å². The first-order valence-corrected chi connectivity index (χ1v) is 7.39. The number of hydrogen-bond donors (Lipinski definition) is 0. The van der Waals surface area contributed by atoms with Crippen molar-refractivity contribution in [1.82, 2.24) is 4.90 Å². The molecule has 0 N–H and O–H groups in total. The summed E-state index contributed by atoms with van der Waals surface area (Å²) in [6, 6.07) is 4.14. The van der Waals surface area contributed by atoms with Crippen LogP contribution in [0.25, 0.3) is 5.70 Å². The summed E-state index contributed by atoms with van der Waals surface area (Å²) in [5.74, 6) is -0.333. The third-order valence-corrected chi connectivity index (χ3v) is 3.75. The summed E-state index contributed by atoms with van der Waals surface area (Å²) in [5, 5.41) is 0. The molecule has 3 nitrogen and oxygen atoms in total. The van der Waals surface area contributed by atoms with Gasteiger partial charge in [0, 0.05) is 45.9 Å². The Kier molecular flexibility index (Phi) is 8.70. The Hall–Kier alpha value is -0.626. The van der Waals surface area contributed by atoms with Crippen LogP contribution in [0.1, 0.15) is 5.56 Å². The van der Waals surface area contributed by atoms with Crippen molar-refractivity contribution in [3.63, 3.8) is 0 Å². The number of halogens is 4. The Balaban J connectivity index is 0.00000288. The maximum absolute atomic E-state index is 14.3. The number of hydrogen-bond acceptors (Lipinski definition) is 3. The molecule has 8 heteroatoms. The summed E-state index contributed by atoms with van der Waals surface area (Å²) in [7, 11) is 1.45. The number of allylic oxidation sites excluding steroid dienone is 3. The second kappa shape index (κ2) is 9.75. The van der Waals surface area contributed by atoms with Crippen LogP contribution in [-0.4, -0.2) is 31.8 Å². The molecule has 0 unspecified atom stereocenters. The number of nitrogens with zero attached hydrogens (tertiary/aromatic N) is 1. The zero-order valence-corrected chi connectivity index (χ0v) is 17.3. The predicted molar refractivity (Wildman–Crippen MR) is 84.4 cm³/mol. The fourth-order valence-corrected chi connectivity index (χ4v) is 2.35. The molecule has 1 aromatic rings. The van der Waals surface area contributed by atoms with Crippen molar-refractivity contribution >= 4 is 21.6 Å². The maximum Gasteiger partial charge on any atom is 0.256 e. The van der Waals surface area contributed by atoms with Crippen molar-refractivity contribution in [2.24, 2.45) is 0 Å². The minimum Gasteiger partial charge on any atom is -0.468 e. The van der Waals surface area contributed by atoms with E-state index < -0.39 is 18.8 Å². The van der Waals surface area contributed by atoms with E-state index in [0.29, 0.717) is 10.2 Å². The molecule has 0 atom stereocenters. The van der Waals surface area contributed by atoms with Gasteiger partial charge in [-0.2, -0.15) is 12.2 Å². The van der Waals surface area contributed by atoms with Gasteiger partial charge in [0.15, 0.2) is 6.79 Å². The van der Waals surface area contributed by atoms with Crippen LogP contribution in [0.2, 0.25) is 0 Å². The van der Waals surface area contributed by atoms with Gasteiger partial charge >= 0.3 is 0 Å². The molecule has 1 aliphatic rings. The SMILES string of the molecule is C=C1C(Br)=C[C-]=C(c2ccc(OCOC)cc2F)N1CC(F)F.[Y]. The molecule has 0 bridgehead atoms. The van der Waals surface area contributed by atoms with Crippen molar-refractivity contribution in [3.8, 4) is 5.75 Å². The number of alkyl halides is 2. The number of benzene rings is 1. The second-order valence-corrected chi connectivity index (χ2v) is 5.48. The summed E-state index contributed by atoms with van der Waals surface area (Å²) in [6.07, 6.45) is 1.73. The van der Waals surface area contributed by atoms with Crippen molar-refractivity contribution in [2.45, 2.75) is 6.43 Å². The minimum absolute atomic E-state index is 0. The zero-order valence-electron chi connectivity index (χ0n) is 12.9. The molecule has 0 saturated carbocycles. The number of ether oxygens (including phenoxy) is 2. The van der Waals surface area contributed by atoms with E-state index in [2.05, 4.69) is 28.6 Å².